The third-order valence-electron chi connectivity index (χ3n) is 6.48. The number of para-hydroxylation sites is 1. The number of ether oxygens (including phenoxy) is 5. The van der Waals surface area contributed by atoms with E-state index in [0.29, 0.717) is 39.8 Å². The van der Waals surface area contributed by atoms with Gasteiger partial charge in [-0.1, -0.05) is 36.4 Å². The van der Waals surface area contributed by atoms with Crippen molar-refractivity contribution in [3.63, 3.8) is 0 Å². The largest absolute Gasteiger partial charge is 0.496 e. The first kappa shape index (κ1) is 28.0. The van der Waals surface area contributed by atoms with Gasteiger partial charge in [-0.3, -0.25) is 0 Å². The summed E-state index contributed by atoms with van der Waals surface area (Å²) < 4.78 is 31.3. The van der Waals surface area contributed by atoms with E-state index < -0.39 is 5.97 Å². The maximum absolute atomic E-state index is 13.3. The van der Waals surface area contributed by atoms with Crippen molar-refractivity contribution < 1.29 is 28.5 Å². The van der Waals surface area contributed by atoms with Crippen LogP contribution >= 0.6 is 22.6 Å². The molecule has 0 radical (unpaired) electrons. The van der Waals surface area contributed by atoms with Crippen LogP contribution in [0, 0.1) is 3.57 Å². The Labute approximate surface area is 251 Å². The van der Waals surface area contributed by atoms with E-state index in [4.69, 9.17) is 28.8 Å². The van der Waals surface area contributed by atoms with Gasteiger partial charge in [-0.25, -0.2) is 9.48 Å². The van der Waals surface area contributed by atoms with E-state index in [2.05, 4.69) is 22.6 Å². The highest BCUT2D eigenvalue weighted by Crippen LogP contribution is 2.48. The predicted octanol–water partition coefficient (Wildman–Crippen LogP) is 7.06. The van der Waals surface area contributed by atoms with Crippen LogP contribution in [0.5, 0.6) is 28.7 Å². The van der Waals surface area contributed by atoms with Crippen LogP contribution in [-0.2, 0) is 0 Å². The van der Waals surface area contributed by atoms with Crippen LogP contribution in [0.15, 0.2) is 91.1 Å². The predicted molar refractivity (Wildman–Crippen MR) is 165 cm³/mol. The average Bonchev–Trinajstić information content (AvgIpc) is 3.45. The molecular formula is C32H27IN2O6. The molecule has 1 aromatic heterocycles. The Morgan fingerprint density at radius 2 is 1.32 bits per heavy atom. The molecule has 0 saturated carbocycles. The number of rotatable bonds is 9. The molecule has 41 heavy (non-hydrogen) atoms. The number of halogens is 1. The van der Waals surface area contributed by atoms with Crippen molar-refractivity contribution >= 4 is 28.6 Å². The topological polar surface area (TPSA) is 81.0 Å². The number of benzene rings is 4. The zero-order chi connectivity index (χ0) is 28.9. The SMILES string of the molecule is COc1cc(OC)c(-c2c(-c3cc(OC)c(OC)cc3I)cnn2-c2ccccc2)c(OC(=O)c2ccccc2)c1. The molecule has 0 bridgehead atoms. The average molecular weight is 662 g/mol. The summed E-state index contributed by atoms with van der Waals surface area (Å²) in [5.74, 6) is 1.82. The number of hydrogen-bond donors (Lipinski definition) is 0. The number of aromatic nitrogens is 2. The van der Waals surface area contributed by atoms with Gasteiger partial charge in [0.2, 0.25) is 0 Å². The lowest BCUT2D eigenvalue weighted by Gasteiger charge is -2.19. The van der Waals surface area contributed by atoms with Gasteiger partial charge in [0.05, 0.1) is 57.1 Å². The second-order valence-electron chi connectivity index (χ2n) is 8.80. The van der Waals surface area contributed by atoms with E-state index in [1.807, 2.05) is 48.5 Å². The molecule has 4 aromatic carbocycles. The van der Waals surface area contributed by atoms with Crippen molar-refractivity contribution in [1.82, 2.24) is 9.78 Å². The van der Waals surface area contributed by atoms with E-state index in [1.165, 1.54) is 0 Å². The van der Waals surface area contributed by atoms with E-state index >= 15 is 0 Å². The van der Waals surface area contributed by atoms with E-state index in [9.17, 15) is 4.79 Å². The number of carbonyl (C=O) groups excluding carboxylic acids is 1. The van der Waals surface area contributed by atoms with Gasteiger partial charge in [0.1, 0.15) is 17.2 Å². The van der Waals surface area contributed by atoms with Crippen LogP contribution in [0.3, 0.4) is 0 Å². The molecular weight excluding hydrogens is 635 g/mol. The van der Waals surface area contributed by atoms with Gasteiger partial charge in [0.15, 0.2) is 11.5 Å². The first-order valence-electron chi connectivity index (χ1n) is 12.6. The minimum atomic E-state index is -0.518. The molecule has 0 fully saturated rings. The number of carbonyl (C=O) groups is 1. The maximum Gasteiger partial charge on any atom is 0.343 e. The van der Waals surface area contributed by atoms with Gasteiger partial charge in [0.25, 0.3) is 0 Å². The summed E-state index contributed by atoms with van der Waals surface area (Å²) in [6.07, 6.45) is 1.78. The minimum absolute atomic E-state index is 0.254. The second kappa shape index (κ2) is 12.3. The van der Waals surface area contributed by atoms with Crippen molar-refractivity contribution in [2.75, 3.05) is 28.4 Å². The van der Waals surface area contributed by atoms with Crippen LogP contribution < -0.4 is 23.7 Å². The van der Waals surface area contributed by atoms with Crippen molar-refractivity contribution in [3.05, 3.63) is 100 Å². The van der Waals surface area contributed by atoms with Gasteiger partial charge in [-0.05, 0) is 59.0 Å². The van der Waals surface area contributed by atoms with E-state index in [-0.39, 0.29) is 5.75 Å². The highest BCUT2D eigenvalue weighted by Gasteiger charge is 2.27. The minimum Gasteiger partial charge on any atom is -0.496 e. The molecule has 0 aliphatic carbocycles. The third-order valence-corrected chi connectivity index (χ3v) is 7.37. The lowest BCUT2D eigenvalue weighted by molar-refractivity contribution is 0.0735. The summed E-state index contributed by atoms with van der Waals surface area (Å²) in [5, 5.41) is 4.79. The molecule has 0 N–H and O–H groups in total. The molecule has 208 valence electrons. The molecule has 9 heteroatoms. The molecule has 0 atom stereocenters. The van der Waals surface area contributed by atoms with Crippen LogP contribution in [0.1, 0.15) is 10.4 Å². The fraction of sp³-hybridized carbons (Fsp3) is 0.125. The summed E-state index contributed by atoms with van der Waals surface area (Å²) in [5.41, 5.74) is 4.00. The lowest BCUT2D eigenvalue weighted by atomic mass is 9.99. The molecule has 5 rings (SSSR count). The Balaban J connectivity index is 1.81. The molecule has 0 unspecified atom stereocenters. The second-order valence-corrected chi connectivity index (χ2v) is 9.96. The number of hydrogen-bond acceptors (Lipinski definition) is 7. The van der Waals surface area contributed by atoms with E-state index in [1.54, 1.807) is 75.7 Å². The Morgan fingerprint density at radius 1 is 0.707 bits per heavy atom. The van der Waals surface area contributed by atoms with Crippen LogP contribution in [0.4, 0.5) is 0 Å². The summed E-state index contributed by atoms with van der Waals surface area (Å²) in [7, 11) is 6.30. The molecule has 8 nitrogen and oxygen atoms in total. The summed E-state index contributed by atoms with van der Waals surface area (Å²) in [6.45, 7) is 0. The smallest absolute Gasteiger partial charge is 0.343 e. The molecule has 0 aliphatic rings. The molecule has 5 aromatic rings. The van der Waals surface area contributed by atoms with Crippen molar-refractivity contribution in [3.8, 4) is 56.8 Å². The first-order chi connectivity index (χ1) is 20.0. The maximum atomic E-state index is 13.3. The third kappa shape index (κ3) is 5.58. The fourth-order valence-electron chi connectivity index (χ4n) is 4.50. The Kier molecular flexibility index (Phi) is 8.44. The van der Waals surface area contributed by atoms with Crippen LogP contribution in [0.25, 0.3) is 28.1 Å². The Hall–Kier alpha value is -4.51. The van der Waals surface area contributed by atoms with Crippen molar-refractivity contribution in [1.29, 1.82) is 0 Å². The molecule has 0 amide bonds. The lowest BCUT2D eigenvalue weighted by Crippen LogP contribution is -2.11. The van der Waals surface area contributed by atoms with Gasteiger partial charge in [-0.15, -0.1) is 0 Å². The van der Waals surface area contributed by atoms with E-state index in [0.717, 1.165) is 20.4 Å². The molecule has 0 aliphatic heterocycles. The Bertz CT molecular complexity index is 1690. The summed E-state index contributed by atoms with van der Waals surface area (Å²) >= 11 is 2.26. The van der Waals surface area contributed by atoms with Gasteiger partial charge in [-0.2, -0.15) is 5.10 Å². The highest BCUT2D eigenvalue weighted by atomic mass is 127. The fourth-order valence-corrected chi connectivity index (χ4v) is 5.23. The van der Waals surface area contributed by atoms with Crippen LogP contribution in [-0.4, -0.2) is 44.2 Å². The van der Waals surface area contributed by atoms with Crippen molar-refractivity contribution in [2.45, 2.75) is 0 Å². The molecule has 0 spiro atoms. The number of nitrogens with zero attached hydrogens (tertiary/aromatic N) is 2. The Morgan fingerprint density at radius 3 is 1.95 bits per heavy atom. The highest BCUT2D eigenvalue weighted by molar-refractivity contribution is 14.1. The zero-order valence-electron chi connectivity index (χ0n) is 22.9. The zero-order valence-corrected chi connectivity index (χ0v) is 25.0. The van der Waals surface area contributed by atoms with Crippen LogP contribution in [0.2, 0.25) is 0 Å². The monoisotopic (exact) mass is 662 g/mol. The quantitative estimate of drug-likeness (QED) is 0.0950. The number of esters is 1. The van der Waals surface area contributed by atoms with Crippen molar-refractivity contribution in [2.24, 2.45) is 0 Å². The van der Waals surface area contributed by atoms with Gasteiger partial charge in [0, 0.05) is 26.8 Å². The number of methoxy groups -OCH3 is 4. The standard InChI is InChI=1S/C32H27IN2O6/c1-37-22-15-28(40-4)30(29(16-22)41-32(36)20-11-7-5-8-12-20)31-24(19-34-35(31)21-13-9-6-10-14-21)23-17-26(38-2)27(39-3)18-25(23)33/h5-19H,1-4H3. The molecule has 1 heterocycles. The molecule has 0 saturated heterocycles. The normalized spacial score (nSPS) is 10.7. The van der Waals surface area contributed by atoms with Gasteiger partial charge < -0.3 is 23.7 Å². The first-order valence-corrected chi connectivity index (χ1v) is 13.7. The summed E-state index contributed by atoms with van der Waals surface area (Å²) in [4.78, 5) is 13.3. The summed E-state index contributed by atoms with van der Waals surface area (Å²) in [6, 6.07) is 25.7. The van der Waals surface area contributed by atoms with Gasteiger partial charge >= 0.3 is 5.97 Å².